The molecular formula is C24H24F3NO3. The zero-order valence-corrected chi connectivity index (χ0v) is 17.5. The molecular weight excluding hydrogens is 407 g/mol. The van der Waals surface area contributed by atoms with Crippen LogP contribution in [-0.2, 0) is 15.7 Å². The fraction of sp³-hybridized carbons (Fsp3) is 0.333. The van der Waals surface area contributed by atoms with Crippen LogP contribution in [0.15, 0.2) is 66.4 Å². The van der Waals surface area contributed by atoms with Crippen molar-refractivity contribution in [1.29, 1.82) is 0 Å². The van der Waals surface area contributed by atoms with Crippen molar-refractivity contribution in [2.24, 2.45) is 5.92 Å². The summed E-state index contributed by atoms with van der Waals surface area (Å²) in [5.74, 6) is -1.93. The molecule has 0 amide bonds. The van der Waals surface area contributed by atoms with Crippen LogP contribution in [0, 0.1) is 5.92 Å². The second kappa shape index (κ2) is 8.57. The summed E-state index contributed by atoms with van der Waals surface area (Å²) in [6, 6.07) is 13.2. The van der Waals surface area contributed by atoms with Gasteiger partial charge >= 0.3 is 12.1 Å². The highest BCUT2D eigenvalue weighted by atomic mass is 19.4. The predicted octanol–water partition coefficient (Wildman–Crippen LogP) is 5.12. The molecule has 4 nitrogen and oxygen atoms in total. The van der Waals surface area contributed by atoms with E-state index < -0.39 is 29.2 Å². The van der Waals surface area contributed by atoms with Gasteiger partial charge in [0.15, 0.2) is 5.78 Å². The molecule has 1 heterocycles. The molecule has 1 aliphatic rings. The largest absolute Gasteiger partial charge is 0.467 e. The molecule has 7 heteroatoms. The zero-order chi connectivity index (χ0) is 22.8. The molecule has 1 N–H and O–H groups in total. The third kappa shape index (κ3) is 4.36. The van der Waals surface area contributed by atoms with Crippen LogP contribution in [-0.4, -0.2) is 24.4 Å². The van der Waals surface area contributed by atoms with Crippen LogP contribution in [0.3, 0.4) is 0 Å². The summed E-state index contributed by atoms with van der Waals surface area (Å²) in [6.45, 7) is 3.79. The Labute approximate surface area is 179 Å². The summed E-state index contributed by atoms with van der Waals surface area (Å²) < 4.78 is 45.3. The molecule has 0 spiro atoms. The summed E-state index contributed by atoms with van der Waals surface area (Å²) >= 11 is 0. The lowest BCUT2D eigenvalue weighted by molar-refractivity contribution is -0.149. The summed E-state index contributed by atoms with van der Waals surface area (Å²) in [5.41, 5.74) is -1.41. The van der Waals surface area contributed by atoms with Gasteiger partial charge in [0, 0.05) is 23.3 Å². The number of carbonyl (C=O) groups excluding carboxylic acids is 2. The molecule has 0 saturated heterocycles. The number of ether oxygens (including phenoxy) is 1. The van der Waals surface area contributed by atoms with Gasteiger partial charge in [-0.15, -0.1) is 0 Å². The second-order valence-corrected chi connectivity index (χ2v) is 8.06. The van der Waals surface area contributed by atoms with Crippen molar-refractivity contribution in [2.75, 3.05) is 7.11 Å². The number of ketones is 1. The Morgan fingerprint density at radius 2 is 1.77 bits per heavy atom. The van der Waals surface area contributed by atoms with Gasteiger partial charge in [0.05, 0.1) is 12.7 Å². The highest BCUT2D eigenvalue weighted by Gasteiger charge is 2.53. The van der Waals surface area contributed by atoms with Crippen molar-refractivity contribution in [3.8, 4) is 0 Å². The van der Waals surface area contributed by atoms with Gasteiger partial charge in [0.1, 0.15) is 5.54 Å². The average molecular weight is 431 g/mol. The van der Waals surface area contributed by atoms with Gasteiger partial charge in [0.2, 0.25) is 0 Å². The van der Waals surface area contributed by atoms with E-state index >= 15 is 0 Å². The third-order valence-electron chi connectivity index (χ3n) is 5.41. The van der Waals surface area contributed by atoms with Crippen molar-refractivity contribution in [2.45, 2.75) is 37.9 Å². The smallest absolute Gasteiger partial charge is 0.416 e. The number of Topliss-reactive ketones (excluding diaryl/α,β-unsaturated/α-hetero) is 1. The highest BCUT2D eigenvalue weighted by Crippen LogP contribution is 2.45. The second-order valence-electron chi connectivity index (χ2n) is 8.06. The van der Waals surface area contributed by atoms with Crippen molar-refractivity contribution >= 4 is 11.8 Å². The van der Waals surface area contributed by atoms with E-state index in [4.69, 9.17) is 4.74 Å². The number of halogens is 3. The van der Waals surface area contributed by atoms with E-state index in [-0.39, 0.29) is 29.3 Å². The van der Waals surface area contributed by atoms with E-state index in [0.717, 1.165) is 12.1 Å². The first-order valence-electron chi connectivity index (χ1n) is 9.93. The van der Waals surface area contributed by atoms with Crippen molar-refractivity contribution < 1.29 is 27.5 Å². The van der Waals surface area contributed by atoms with Gasteiger partial charge in [-0.1, -0.05) is 62.4 Å². The minimum Gasteiger partial charge on any atom is -0.467 e. The quantitative estimate of drug-likeness (QED) is 0.510. The molecule has 1 aliphatic heterocycles. The molecule has 0 radical (unpaired) electrons. The number of hydrogen-bond donors (Lipinski definition) is 1. The van der Waals surface area contributed by atoms with E-state index in [1.54, 1.807) is 30.3 Å². The molecule has 0 aliphatic carbocycles. The van der Waals surface area contributed by atoms with E-state index in [0.29, 0.717) is 5.56 Å². The molecule has 164 valence electrons. The standard InChI is InChI=1S/C24H24F3NO3/c1-15(2)13-23(22(30)31-3)20(17-10-7-11-18(12-17)24(25,26)27)19(14-28-23)21(29)16-8-5-4-6-9-16/h4-12,14-15,20,28H,13H2,1-3H3/t20-,23+/m0/s1. The zero-order valence-electron chi connectivity index (χ0n) is 17.5. The maximum atomic E-state index is 13.4. The summed E-state index contributed by atoms with van der Waals surface area (Å²) in [5, 5.41) is 3.02. The van der Waals surface area contributed by atoms with Crippen LogP contribution in [0.5, 0.6) is 0 Å². The Kier molecular flexibility index (Phi) is 6.25. The molecule has 0 saturated carbocycles. The molecule has 0 fully saturated rings. The lowest BCUT2D eigenvalue weighted by Crippen LogP contribution is -2.53. The highest BCUT2D eigenvalue weighted by molar-refractivity contribution is 6.11. The minimum absolute atomic E-state index is 0.000485. The molecule has 3 rings (SSSR count). The number of esters is 1. The van der Waals surface area contributed by atoms with E-state index in [1.165, 1.54) is 25.4 Å². The SMILES string of the molecule is COC(=O)[C@]1(CC(C)C)NC=C(C(=O)c2ccccc2)[C@@H]1c1cccc(C(F)(F)F)c1. The Hall–Kier alpha value is -3.09. The van der Waals surface area contributed by atoms with Gasteiger partial charge < -0.3 is 10.1 Å². The number of benzene rings is 2. The average Bonchev–Trinajstić information content (AvgIpc) is 3.12. The number of nitrogens with one attached hydrogen (secondary N) is 1. The first kappa shape index (κ1) is 22.6. The third-order valence-corrected chi connectivity index (χ3v) is 5.41. The lowest BCUT2D eigenvalue weighted by atomic mass is 9.71. The maximum Gasteiger partial charge on any atom is 0.416 e. The predicted molar refractivity (Wildman–Crippen MR) is 110 cm³/mol. The monoisotopic (exact) mass is 431 g/mol. The van der Waals surface area contributed by atoms with Crippen LogP contribution in [0.2, 0.25) is 0 Å². The molecule has 0 bridgehead atoms. The first-order valence-corrected chi connectivity index (χ1v) is 9.93. The minimum atomic E-state index is -4.55. The summed E-state index contributed by atoms with van der Waals surface area (Å²) in [6.07, 6.45) is -2.84. The van der Waals surface area contributed by atoms with Crippen LogP contribution < -0.4 is 5.32 Å². The molecule has 2 aromatic carbocycles. The van der Waals surface area contributed by atoms with Gasteiger partial charge in [-0.25, -0.2) is 4.79 Å². The topological polar surface area (TPSA) is 55.4 Å². The van der Waals surface area contributed by atoms with E-state index in [1.807, 2.05) is 13.8 Å². The van der Waals surface area contributed by atoms with Crippen molar-refractivity contribution in [1.82, 2.24) is 5.32 Å². The first-order chi connectivity index (χ1) is 14.6. The number of rotatable bonds is 6. The Balaban J connectivity index is 2.19. The van der Waals surface area contributed by atoms with Crippen molar-refractivity contribution in [3.63, 3.8) is 0 Å². The molecule has 0 aromatic heterocycles. The number of hydrogen-bond acceptors (Lipinski definition) is 4. The molecule has 0 unspecified atom stereocenters. The van der Waals surface area contributed by atoms with Crippen molar-refractivity contribution in [3.05, 3.63) is 83.1 Å². The molecule has 2 aromatic rings. The number of methoxy groups -OCH3 is 1. The maximum absolute atomic E-state index is 13.4. The Morgan fingerprint density at radius 1 is 1.10 bits per heavy atom. The number of carbonyl (C=O) groups is 2. The van der Waals surface area contributed by atoms with Gasteiger partial charge in [-0.05, 0) is 24.0 Å². The van der Waals surface area contributed by atoms with Crippen LogP contribution in [0.4, 0.5) is 13.2 Å². The van der Waals surface area contributed by atoms with E-state index in [2.05, 4.69) is 5.32 Å². The van der Waals surface area contributed by atoms with Gasteiger partial charge in [-0.2, -0.15) is 13.2 Å². The van der Waals surface area contributed by atoms with Gasteiger partial charge in [-0.3, -0.25) is 4.79 Å². The summed E-state index contributed by atoms with van der Waals surface area (Å²) in [4.78, 5) is 26.3. The fourth-order valence-electron chi connectivity index (χ4n) is 4.21. The van der Waals surface area contributed by atoms with Crippen LogP contribution in [0.1, 0.15) is 47.7 Å². The van der Waals surface area contributed by atoms with E-state index in [9.17, 15) is 22.8 Å². The Bertz CT molecular complexity index is 999. The summed E-state index contributed by atoms with van der Waals surface area (Å²) in [7, 11) is 1.23. The Morgan fingerprint density at radius 3 is 2.35 bits per heavy atom. The van der Waals surface area contributed by atoms with Crippen LogP contribution >= 0.6 is 0 Å². The molecule has 31 heavy (non-hydrogen) atoms. The van der Waals surface area contributed by atoms with Gasteiger partial charge in [0.25, 0.3) is 0 Å². The lowest BCUT2D eigenvalue weighted by Gasteiger charge is -2.36. The van der Waals surface area contributed by atoms with Crippen LogP contribution in [0.25, 0.3) is 0 Å². The number of alkyl halides is 3. The normalized spacial score (nSPS) is 20.9. The molecule has 2 atom stereocenters. The fourth-order valence-corrected chi connectivity index (χ4v) is 4.21.